The molecule has 21 heavy (non-hydrogen) atoms. The first kappa shape index (κ1) is 13.2. The first-order valence-electron chi connectivity index (χ1n) is 6.61. The molecule has 0 aliphatic rings. The molecule has 0 radical (unpaired) electrons. The summed E-state index contributed by atoms with van der Waals surface area (Å²) in [7, 11) is 0. The van der Waals surface area contributed by atoms with Crippen molar-refractivity contribution < 1.29 is 0 Å². The molecular weight excluding hydrogens is 264 g/mol. The van der Waals surface area contributed by atoms with Crippen LogP contribution < -0.4 is 5.43 Å². The Kier molecular flexibility index (Phi) is 3.31. The lowest BCUT2D eigenvalue weighted by atomic mass is 10.2. The van der Waals surface area contributed by atoms with Gasteiger partial charge >= 0.3 is 0 Å². The molecule has 0 fully saturated rings. The van der Waals surface area contributed by atoms with E-state index in [1.165, 1.54) is 11.6 Å². The largest absolute Gasteiger partial charge is 0.287 e. The van der Waals surface area contributed by atoms with Gasteiger partial charge < -0.3 is 0 Å². The van der Waals surface area contributed by atoms with Crippen molar-refractivity contribution >= 4 is 22.3 Å². The summed E-state index contributed by atoms with van der Waals surface area (Å²) < 4.78 is 0. The molecule has 0 atom stereocenters. The fourth-order valence-corrected chi connectivity index (χ4v) is 2.03. The predicted molar refractivity (Wildman–Crippen MR) is 82.5 cm³/mol. The molecule has 0 unspecified atom stereocenters. The summed E-state index contributed by atoms with van der Waals surface area (Å²) in [6.45, 7) is 3.89. The van der Waals surface area contributed by atoms with Crippen LogP contribution in [0.3, 0.4) is 0 Å². The van der Waals surface area contributed by atoms with Crippen LogP contribution in [-0.4, -0.2) is 10.2 Å². The molecule has 0 saturated carbocycles. The zero-order chi connectivity index (χ0) is 14.8. The normalized spacial score (nSPS) is 11.3. The van der Waals surface area contributed by atoms with Crippen LogP contribution in [0.2, 0.25) is 0 Å². The summed E-state index contributed by atoms with van der Waals surface area (Å²) in [4.78, 5) is 11.9. The molecule has 3 aromatic rings. The van der Waals surface area contributed by atoms with Gasteiger partial charge in [0.2, 0.25) is 5.43 Å². The summed E-state index contributed by atoms with van der Waals surface area (Å²) in [5.74, 6) is 0. The number of benzene rings is 1. The third-order valence-corrected chi connectivity index (χ3v) is 3.24. The first-order valence-corrected chi connectivity index (χ1v) is 6.61. The molecule has 5 heteroatoms. The minimum absolute atomic E-state index is 0.133. The number of azo groups is 1. The average molecular weight is 278 g/mol. The summed E-state index contributed by atoms with van der Waals surface area (Å²) in [5.41, 5.74) is 3.69. The van der Waals surface area contributed by atoms with Crippen molar-refractivity contribution in [1.82, 2.24) is 10.2 Å². The monoisotopic (exact) mass is 278 g/mol. The third-order valence-electron chi connectivity index (χ3n) is 3.24. The Balaban J connectivity index is 2.05. The number of aryl methyl sites for hydroxylation is 2. The second kappa shape index (κ2) is 5.28. The third kappa shape index (κ3) is 2.72. The number of nitrogens with one attached hydrogen (secondary N) is 1. The van der Waals surface area contributed by atoms with E-state index in [0.717, 1.165) is 16.8 Å². The van der Waals surface area contributed by atoms with Crippen LogP contribution in [0.4, 0.5) is 11.4 Å². The van der Waals surface area contributed by atoms with Gasteiger partial charge in [-0.05, 0) is 44.2 Å². The van der Waals surface area contributed by atoms with Gasteiger partial charge in [0.25, 0.3) is 0 Å². The molecule has 2 aromatic carbocycles. The molecule has 5 nitrogen and oxygen atoms in total. The maximum absolute atomic E-state index is 11.9. The van der Waals surface area contributed by atoms with Crippen LogP contribution in [0.25, 0.3) is 10.9 Å². The fourth-order valence-electron chi connectivity index (χ4n) is 2.03. The molecular formula is C16H14N4O. The van der Waals surface area contributed by atoms with Crippen molar-refractivity contribution in [3.8, 4) is 0 Å². The topological polar surface area (TPSA) is 70.5 Å². The Labute approximate surface area is 121 Å². The van der Waals surface area contributed by atoms with Crippen LogP contribution >= 0.6 is 0 Å². The van der Waals surface area contributed by atoms with Crippen molar-refractivity contribution in [3.63, 3.8) is 0 Å². The van der Waals surface area contributed by atoms with Crippen molar-refractivity contribution in [2.24, 2.45) is 10.2 Å². The van der Waals surface area contributed by atoms with Crippen molar-refractivity contribution in [3.05, 3.63) is 63.9 Å². The van der Waals surface area contributed by atoms with Gasteiger partial charge in [0.05, 0.1) is 11.4 Å². The Bertz CT molecular complexity index is 879. The molecule has 1 aromatic heterocycles. The predicted octanol–water partition coefficient (Wildman–Crippen LogP) is 3.96. The number of hydrogen-bond acceptors (Lipinski definition) is 4. The van der Waals surface area contributed by atoms with E-state index >= 15 is 0 Å². The van der Waals surface area contributed by atoms with E-state index in [1.807, 2.05) is 44.2 Å². The van der Waals surface area contributed by atoms with E-state index in [2.05, 4.69) is 20.4 Å². The zero-order valence-electron chi connectivity index (χ0n) is 11.8. The molecule has 0 aliphatic heterocycles. The second-order valence-corrected chi connectivity index (χ2v) is 4.91. The van der Waals surface area contributed by atoms with E-state index in [4.69, 9.17) is 0 Å². The molecule has 1 N–H and O–H groups in total. The highest BCUT2D eigenvalue weighted by molar-refractivity contribution is 5.82. The van der Waals surface area contributed by atoms with E-state index in [-0.39, 0.29) is 5.43 Å². The summed E-state index contributed by atoms with van der Waals surface area (Å²) in [5, 5.41) is 16.0. The lowest BCUT2D eigenvalue weighted by Gasteiger charge is -1.93. The highest BCUT2D eigenvalue weighted by Crippen LogP contribution is 2.21. The second-order valence-electron chi connectivity index (χ2n) is 4.91. The maximum Gasteiger partial charge on any atom is 0.206 e. The summed E-state index contributed by atoms with van der Waals surface area (Å²) in [6.07, 6.45) is 0. The van der Waals surface area contributed by atoms with Gasteiger partial charge in [-0.15, -0.1) is 0 Å². The van der Waals surface area contributed by atoms with E-state index in [9.17, 15) is 4.79 Å². The summed E-state index contributed by atoms with van der Waals surface area (Å²) in [6, 6.07) is 12.7. The molecule has 0 amide bonds. The van der Waals surface area contributed by atoms with Crippen LogP contribution in [-0.2, 0) is 0 Å². The number of aromatic amines is 1. The fraction of sp³-hybridized carbons (Fsp3) is 0.125. The van der Waals surface area contributed by atoms with Crippen molar-refractivity contribution in [2.75, 3.05) is 0 Å². The number of H-pyrrole nitrogens is 1. The number of nitrogens with zero attached hydrogens (tertiary/aromatic N) is 3. The lowest BCUT2D eigenvalue weighted by molar-refractivity contribution is 1.06. The smallest absolute Gasteiger partial charge is 0.206 e. The maximum atomic E-state index is 11.9. The molecule has 0 aliphatic carbocycles. The average Bonchev–Trinajstić information content (AvgIpc) is 2.75. The SMILES string of the molecule is Cc1ccc(N=Nc2ccc(=O)c3n[nH]c(C)c3c2)cc1. The molecule has 0 bridgehead atoms. The van der Waals surface area contributed by atoms with Gasteiger partial charge in [-0.3, -0.25) is 9.89 Å². The highest BCUT2D eigenvalue weighted by atomic mass is 16.1. The number of hydrogen-bond donors (Lipinski definition) is 1. The van der Waals surface area contributed by atoms with Gasteiger partial charge in [0.1, 0.15) is 5.52 Å². The van der Waals surface area contributed by atoms with Gasteiger partial charge in [-0.2, -0.15) is 15.3 Å². The van der Waals surface area contributed by atoms with E-state index in [1.54, 1.807) is 6.07 Å². The molecule has 3 rings (SSSR count). The minimum atomic E-state index is -0.133. The molecule has 1 heterocycles. The van der Waals surface area contributed by atoms with E-state index in [0.29, 0.717) is 11.2 Å². The Morgan fingerprint density at radius 1 is 0.952 bits per heavy atom. The van der Waals surface area contributed by atoms with Crippen molar-refractivity contribution in [2.45, 2.75) is 13.8 Å². The van der Waals surface area contributed by atoms with Gasteiger partial charge in [-0.25, -0.2) is 0 Å². The number of aromatic nitrogens is 2. The quantitative estimate of drug-likeness (QED) is 0.721. The Morgan fingerprint density at radius 2 is 1.62 bits per heavy atom. The standard InChI is InChI=1S/C16H14N4O/c1-10-3-5-12(6-4-10)18-19-13-7-8-15(21)16-14(9-13)11(2)17-20-16/h3-9H,1-2H3,(H,17,20). The Hall–Kier alpha value is -2.82. The number of rotatable bonds is 2. The zero-order valence-corrected chi connectivity index (χ0v) is 11.8. The van der Waals surface area contributed by atoms with Gasteiger partial charge in [-0.1, -0.05) is 17.7 Å². The van der Waals surface area contributed by atoms with E-state index < -0.39 is 0 Å². The van der Waals surface area contributed by atoms with Crippen LogP contribution in [0.1, 0.15) is 11.3 Å². The minimum Gasteiger partial charge on any atom is -0.287 e. The Morgan fingerprint density at radius 3 is 2.38 bits per heavy atom. The van der Waals surface area contributed by atoms with Crippen molar-refractivity contribution in [1.29, 1.82) is 0 Å². The number of fused-ring (bicyclic) bond motifs is 1. The first-order chi connectivity index (χ1) is 10.1. The highest BCUT2D eigenvalue weighted by Gasteiger charge is 2.04. The van der Waals surface area contributed by atoms with Crippen LogP contribution in [0.15, 0.2) is 57.5 Å². The molecule has 104 valence electrons. The lowest BCUT2D eigenvalue weighted by Crippen LogP contribution is -1.94. The van der Waals surface area contributed by atoms with Gasteiger partial charge in [0, 0.05) is 11.1 Å². The van der Waals surface area contributed by atoms with Crippen LogP contribution in [0.5, 0.6) is 0 Å². The van der Waals surface area contributed by atoms with Crippen LogP contribution in [0, 0.1) is 13.8 Å². The van der Waals surface area contributed by atoms with Gasteiger partial charge in [0.15, 0.2) is 0 Å². The summed E-state index contributed by atoms with van der Waals surface area (Å²) >= 11 is 0. The molecule has 0 saturated heterocycles. The molecule has 0 spiro atoms.